The Morgan fingerprint density at radius 2 is 2.30 bits per heavy atom. The van der Waals surface area contributed by atoms with E-state index in [4.69, 9.17) is 16.1 Å². The minimum atomic E-state index is -0.908. The van der Waals surface area contributed by atoms with Crippen LogP contribution in [0.15, 0.2) is 11.8 Å². The van der Waals surface area contributed by atoms with E-state index in [1.54, 1.807) is 6.07 Å². The molecule has 0 aromatic rings. The van der Waals surface area contributed by atoms with Crippen LogP contribution in [-0.2, 0) is 4.79 Å². The number of nitriles is 1. The number of carboxylic acid groups (broad SMARTS) is 1. The van der Waals surface area contributed by atoms with Gasteiger partial charge in [0.05, 0.1) is 12.5 Å². The number of hydrogen-bond acceptors (Lipinski definition) is 3. The maximum Gasteiger partial charge on any atom is 0.303 e. The fourth-order valence-electron chi connectivity index (χ4n) is 0.406. The van der Waals surface area contributed by atoms with Gasteiger partial charge >= 0.3 is 5.97 Å². The molecule has 0 heterocycles. The van der Waals surface area contributed by atoms with Gasteiger partial charge in [-0.3, -0.25) is 4.79 Å². The lowest BCUT2D eigenvalue weighted by atomic mass is 10.2. The molecular formula is C6H8N2O2. The molecule has 54 valence electrons. The van der Waals surface area contributed by atoms with Gasteiger partial charge in [-0.05, 0) is 6.42 Å². The highest BCUT2D eigenvalue weighted by Crippen LogP contribution is 1.96. The Morgan fingerprint density at radius 1 is 1.70 bits per heavy atom. The van der Waals surface area contributed by atoms with Gasteiger partial charge in [0.1, 0.15) is 0 Å². The van der Waals surface area contributed by atoms with E-state index < -0.39 is 5.97 Å². The monoisotopic (exact) mass is 140 g/mol. The first-order chi connectivity index (χ1) is 4.66. The molecule has 0 saturated heterocycles. The third-order valence-electron chi connectivity index (χ3n) is 0.877. The number of nitrogens with zero attached hydrogens (tertiary/aromatic N) is 1. The number of hydrogen-bond donors (Lipinski definition) is 2. The Kier molecular flexibility index (Phi) is 3.73. The van der Waals surface area contributed by atoms with Crippen molar-refractivity contribution < 1.29 is 9.90 Å². The zero-order chi connectivity index (χ0) is 7.98. The van der Waals surface area contributed by atoms with Crippen molar-refractivity contribution in [3.63, 3.8) is 0 Å². The minimum Gasteiger partial charge on any atom is -0.481 e. The van der Waals surface area contributed by atoms with Gasteiger partial charge in [0.25, 0.3) is 0 Å². The molecule has 0 bridgehead atoms. The van der Waals surface area contributed by atoms with E-state index in [0.29, 0.717) is 5.70 Å². The molecule has 0 aliphatic rings. The summed E-state index contributed by atoms with van der Waals surface area (Å²) in [4.78, 5) is 9.94. The Hall–Kier alpha value is -1.50. The van der Waals surface area contributed by atoms with Crippen LogP contribution in [0.1, 0.15) is 12.8 Å². The second-order valence-corrected chi connectivity index (χ2v) is 1.74. The van der Waals surface area contributed by atoms with Gasteiger partial charge in [0, 0.05) is 11.8 Å². The Labute approximate surface area is 58.6 Å². The first-order valence-corrected chi connectivity index (χ1v) is 2.72. The molecule has 4 nitrogen and oxygen atoms in total. The Morgan fingerprint density at radius 3 is 2.70 bits per heavy atom. The second kappa shape index (κ2) is 4.39. The fraction of sp³-hybridized carbons (Fsp3) is 0.333. The summed E-state index contributed by atoms with van der Waals surface area (Å²) in [6.45, 7) is 0. The van der Waals surface area contributed by atoms with Crippen LogP contribution < -0.4 is 5.73 Å². The summed E-state index contributed by atoms with van der Waals surface area (Å²) in [7, 11) is 0. The van der Waals surface area contributed by atoms with Crippen molar-refractivity contribution >= 4 is 5.97 Å². The van der Waals surface area contributed by atoms with Crippen molar-refractivity contribution in [2.24, 2.45) is 5.73 Å². The molecule has 0 spiro atoms. The van der Waals surface area contributed by atoms with Crippen LogP contribution in [-0.4, -0.2) is 11.1 Å². The summed E-state index contributed by atoms with van der Waals surface area (Å²) < 4.78 is 0. The number of carbonyl (C=O) groups is 1. The van der Waals surface area contributed by atoms with Gasteiger partial charge in [-0.2, -0.15) is 5.26 Å². The molecule has 0 rings (SSSR count). The van der Waals surface area contributed by atoms with E-state index in [1.165, 1.54) is 0 Å². The molecule has 0 unspecified atom stereocenters. The lowest BCUT2D eigenvalue weighted by molar-refractivity contribution is -0.136. The smallest absolute Gasteiger partial charge is 0.303 e. The van der Waals surface area contributed by atoms with Gasteiger partial charge in [0.2, 0.25) is 0 Å². The summed E-state index contributed by atoms with van der Waals surface area (Å²) in [5.74, 6) is -0.908. The van der Waals surface area contributed by atoms with Crippen molar-refractivity contribution in [1.82, 2.24) is 0 Å². The lowest BCUT2D eigenvalue weighted by Crippen LogP contribution is -2.01. The van der Waals surface area contributed by atoms with Gasteiger partial charge < -0.3 is 10.8 Å². The van der Waals surface area contributed by atoms with Gasteiger partial charge in [-0.25, -0.2) is 0 Å². The third-order valence-corrected chi connectivity index (χ3v) is 0.877. The van der Waals surface area contributed by atoms with Crippen LogP contribution in [0, 0.1) is 11.3 Å². The standard InChI is InChI=1S/C6H8N2O2/c7-4-3-5(8)1-2-6(9)10/h3H,1-2,8H2,(H,9,10)/b5-3-. The quantitative estimate of drug-likeness (QED) is 0.549. The van der Waals surface area contributed by atoms with Crippen molar-refractivity contribution in [3.8, 4) is 6.07 Å². The fourth-order valence-corrected chi connectivity index (χ4v) is 0.406. The van der Waals surface area contributed by atoms with Crippen LogP contribution in [0.5, 0.6) is 0 Å². The third kappa shape index (κ3) is 4.65. The van der Waals surface area contributed by atoms with E-state index in [0.717, 1.165) is 6.08 Å². The maximum atomic E-state index is 9.94. The largest absolute Gasteiger partial charge is 0.481 e. The van der Waals surface area contributed by atoms with E-state index >= 15 is 0 Å². The summed E-state index contributed by atoms with van der Waals surface area (Å²) in [5, 5.41) is 16.2. The minimum absolute atomic E-state index is 0.0238. The van der Waals surface area contributed by atoms with Crippen LogP contribution in [0.25, 0.3) is 0 Å². The molecule has 0 fully saturated rings. The molecule has 3 N–H and O–H groups in total. The highest BCUT2D eigenvalue weighted by Gasteiger charge is 1.96. The predicted octanol–water partition coefficient (Wildman–Crippen LogP) is 0.217. The average molecular weight is 140 g/mol. The van der Waals surface area contributed by atoms with E-state index in [2.05, 4.69) is 0 Å². The summed E-state index contributed by atoms with van der Waals surface area (Å²) in [5.41, 5.74) is 5.52. The molecule has 0 radical (unpaired) electrons. The zero-order valence-corrected chi connectivity index (χ0v) is 5.37. The zero-order valence-electron chi connectivity index (χ0n) is 5.37. The normalized spacial score (nSPS) is 10.5. The molecule has 4 heteroatoms. The van der Waals surface area contributed by atoms with Gasteiger partial charge in [-0.1, -0.05) is 0 Å². The number of rotatable bonds is 3. The average Bonchev–Trinajstić information content (AvgIpc) is 1.85. The van der Waals surface area contributed by atoms with Gasteiger partial charge in [0.15, 0.2) is 0 Å². The molecule has 0 saturated carbocycles. The van der Waals surface area contributed by atoms with Crippen molar-refractivity contribution in [1.29, 1.82) is 5.26 Å². The Balaban J connectivity index is 3.62. The van der Waals surface area contributed by atoms with Crippen molar-refractivity contribution in [2.75, 3.05) is 0 Å². The van der Waals surface area contributed by atoms with Crippen LogP contribution in [0.3, 0.4) is 0 Å². The molecule has 10 heavy (non-hydrogen) atoms. The van der Waals surface area contributed by atoms with E-state index in [1.807, 2.05) is 0 Å². The number of aliphatic carboxylic acids is 1. The molecule has 0 aromatic carbocycles. The Bertz CT molecular complexity index is 190. The number of carboxylic acids is 1. The molecule has 0 aromatic heterocycles. The lowest BCUT2D eigenvalue weighted by Gasteiger charge is -1.93. The molecule has 0 aliphatic carbocycles. The molecule has 0 aliphatic heterocycles. The topological polar surface area (TPSA) is 87.1 Å². The number of allylic oxidation sites excluding steroid dienone is 2. The van der Waals surface area contributed by atoms with Crippen LogP contribution in [0.2, 0.25) is 0 Å². The highest BCUT2D eigenvalue weighted by molar-refractivity contribution is 5.67. The van der Waals surface area contributed by atoms with Crippen LogP contribution in [0.4, 0.5) is 0 Å². The van der Waals surface area contributed by atoms with Crippen LogP contribution >= 0.6 is 0 Å². The first kappa shape index (κ1) is 8.50. The molecule has 0 amide bonds. The molecular weight excluding hydrogens is 132 g/mol. The van der Waals surface area contributed by atoms with Gasteiger partial charge in [-0.15, -0.1) is 0 Å². The summed E-state index contributed by atoms with van der Waals surface area (Å²) in [6, 6.07) is 1.71. The maximum absolute atomic E-state index is 9.94. The first-order valence-electron chi connectivity index (χ1n) is 2.72. The van der Waals surface area contributed by atoms with Crippen molar-refractivity contribution in [3.05, 3.63) is 11.8 Å². The molecule has 0 atom stereocenters. The second-order valence-electron chi connectivity index (χ2n) is 1.74. The highest BCUT2D eigenvalue weighted by atomic mass is 16.4. The predicted molar refractivity (Wildman–Crippen MR) is 34.8 cm³/mol. The van der Waals surface area contributed by atoms with E-state index in [-0.39, 0.29) is 12.8 Å². The number of nitrogens with two attached hydrogens (primary N) is 1. The van der Waals surface area contributed by atoms with E-state index in [9.17, 15) is 4.79 Å². The SMILES string of the molecule is N#C/C=C(\N)CCC(=O)O. The summed E-state index contributed by atoms with van der Waals surface area (Å²) in [6.07, 6.45) is 1.36. The van der Waals surface area contributed by atoms with Crippen molar-refractivity contribution in [2.45, 2.75) is 12.8 Å². The summed E-state index contributed by atoms with van der Waals surface area (Å²) >= 11 is 0.